The number of hydrogen-bond donors (Lipinski definition) is 0. The Morgan fingerprint density at radius 2 is 1.40 bits per heavy atom. The summed E-state index contributed by atoms with van der Waals surface area (Å²) in [5.74, 6) is 2.03. The second-order valence-corrected chi connectivity index (χ2v) is 10.3. The minimum absolute atomic E-state index is 0.428. The van der Waals surface area contributed by atoms with Crippen LogP contribution in [0.2, 0.25) is 4.82 Å². The molecule has 2 nitrogen and oxygen atoms in total. The van der Waals surface area contributed by atoms with Crippen molar-refractivity contribution in [2.24, 2.45) is 11.8 Å². The van der Waals surface area contributed by atoms with Gasteiger partial charge in [0.2, 0.25) is 0 Å². The van der Waals surface area contributed by atoms with E-state index in [0.29, 0.717) is 19.8 Å². The molecule has 3 heteroatoms. The maximum atomic E-state index is 11.1. The van der Waals surface area contributed by atoms with E-state index in [0.717, 1.165) is 28.9 Å². The van der Waals surface area contributed by atoms with Gasteiger partial charge in [0.05, 0.1) is 0 Å². The number of nitrogens with zero attached hydrogens (tertiary/aromatic N) is 1. The van der Waals surface area contributed by atoms with Gasteiger partial charge in [0, 0.05) is 0 Å². The van der Waals surface area contributed by atoms with Crippen molar-refractivity contribution in [3.8, 4) is 0 Å². The molecule has 0 radical (unpaired) electrons. The third-order valence-electron chi connectivity index (χ3n) is 6.39. The Labute approximate surface area is 129 Å². The average Bonchev–Trinajstić information content (AvgIpc) is 3.09. The van der Waals surface area contributed by atoms with Crippen LogP contribution in [0.1, 0.15) is 64.2 Å². The Balaban J connectivity index is 1.58. The molecule has 0 bridgehead atoms. The summed E-state index contributed by atoms with van der Waals surface area (Å²) in [5.41, 5.74) is 0. The number of carbonyl (C=O) groups excluding carboxylic acids is 1. The van der Waals surface area contributed by atoms with Gasteiger partial charge in [0.15, 0.2) is 0 Å². The number of likely N-dealkylation sites (tertiary alicyclic amines) is 1. The first-order valence-corrected chi connectivity index (χ1v) is 10.7. The van der Waals surface area contributed by atoms with Crippen molar-refractivity contribution >= 4 is 21.2 Å². The van der Waals surface area contributed by atoms with Crippen LogP contribution in [0.3, 0.4) is 0 Å². The van der Waals surface area contributed by atoms with Gasteiger partial charge >= 0.3 is 129 Å². The molecule has 6 atom stereocenters. The Morgan fingerprint density at radius 1 is 0.800 bits per heavy atom. The number of fused-ring (bicyclic) bond motifs is 3. The average molecular weight is 340 g/mol. The summed E-state index contributed by atoms with van der Waals surface area (Å²) < 4.78 is 0. The van der Waals surface area contributed by atoms with E-state index in [4.69, 9.17) is 0 Å². The minimum atomic E-state index is 0.428. The maximum absolute atomic E-state index is 11.1. The summed E-state index contributed by atoms with van der Waals surface area (Å²) >= 11 is 0.552. The van der Waals surface area contributed by atoms with Crippen LogP contribution in [0, 0.1) is 11.8 Å². The monoisotopic (exact) mass is 341 g/mol. The molecule has 0 aromatic rings. The van der Waals surface area contributed by atoms with Gasteiger partial charge in [0.25, 0.3) is 0 Å². The Kier molecular flexibility index (Phi) is 3.96. The van der Waals surface area contributed by atoms with Gasteiger partial charge in [-0.1, -0.05) is 0 Å². The fourth-order valence-corrected chi connectivity index (χ4v) is 8.73. The molecule has 4 rings (SSSR count). The van der Waals surface area contributed by atoms with Crippen molar-refractivity contribution < 1.29 is 4.79 Å². The molecule has 112 valence electrons. The molecule has 0 spiro atoms. The molecular weight excluding hydrogens is 313 g/mol. The van der Waals surface area contributed by atoms with Gasteiger partial charge in [0.1, 0.15) is 0 Å². The van der Waals surface area contributed by atoms with Crippen LogP contribution in [-0.4, -0.2) is 43.2 Å². The molecule has 6 unspecified atom stereocenters. The van der Waals surface area contributed by atoms with Crippen molar-refractivity contribution in [2.75, 3.05) is 0 Å². The zero-order valence-electron chi connectivity index (χ0n) is 12.4. The molecule has 0 N–H and O–H groups in total. The first kappa shape index (κ1) is 13.8. The van der Waals surface area contributed by atoms with Crippen molar-refractivity contribution in [1.29, 1.82) is 0 Å². The summed E-state index contributed by atoms with van der Waals surface area (Å²) in [6.45, 7) is 0. The zero-order chi connectivity index (χ0) is 13.5. The van der Waals surface area contributed by atoms with Crippen LogP contribution in [-0.2, 0) is 4.79 Å². The molecule has 0 aromatic carbocycles. The van der Waals surface area contributed by atoms with Crippen LogP contribution in [0.25, 0.3) is 0 Å². The van der Waals surface area contributed by atoms with E-state index in [2.05, 4.69) is 4.90 Å². The molecule has 0 aromatic heterocycles. The standard InChI is InChI=1S/C17H27NOSe/c19-11-12-9-10-17(20-12)18-15-7-3-1-5-13(15)14-6-2-4-8-16(14)18/h11-17H,1-10H2. The summed E-state index contributed by atoms with van der Waals surface area (Å²) in [5, 5.41) is 0. The van der Waals surface area contributed by atoms with E-state index in [1.54, 1.807) is 0 Å². The second kappa shape index (κ2) is 5.74. The predicted octanol–water partition coefficient (Wildman–Crippen LogP) is 3.23. The zero-order valence-corrected chi connectivity index (χ0v) is 14.1. The van der Waals surface area contributed by atoms with Crippen LogP contribution in [0.4, 0.5) is 0 Å². The van der Waals surface area contributed by atoms with Crippen LogP contribution in [0.15, 0.2) is 0 Å². The topological polar surface area (TPSA) is 20.3 Å². The van der Waals surface area contributed by atoms with Gasteiger partial charge in [-0.2, -0.15) is 0 Å². The van der Waals surface area contributed by atoms with Gasteiger partial charge in [-0.15, -0.1) is 0 Å². The summed E-state index contributed by atoms with van der Waals surface area (Å²) in [6, 6.07) is 1.79. The predicted molar refractivity (Wildman–Crippen MR) is 81.9 cm³/mol. The summed E-state index contributed by atoms with van der Waals surface area (Å²) in [6.07, 6.45) is 15.5. The van der Waals surface area contributed by atoms with E-state index < -0.39 is 0 Å². The summed E-state index contributed by atoms with van der Waals surface area (Å²) in [7, 11) is 0. The molecule has 4 aliphatic rings. The quantitative estimate of drug-likeness (QED) is 0.568. The first-order valence-electron chi connectivity index (χ1n) is 8.76. The van der Waals surface area contributed by atoms with Crippen molar-refractivity contribution in [1.82, 2.24) is 4.90 Å². The van der Waals surface area contributed by atoms with Crippen LogP contribution < -0.4 is 0 Å². The first-order chi connectivity index (χ1) is 9.88. The molecule has 2 saturated carbocycles. The molecule has 2 saturated heterocycles. The van der Waals surface area contributed by atoms with Gasteiger partial charge in [-0.3, -0.25) is 0 Å². The molecule has 2 aliphatic carbocycles. The summed E-state index contributed by atoms with van der Waals surface area (Å²) in [4.78, 5) is 15.4. The normalized spacial score (nSPS) is 48.8. The molecule has 2 heterocycles. The molecule has 20 heavy (non-hydrogen) atoms. The van der Waals surface area contributed by atoms with Crippen LogP contribution in [0.5, 0.6) is 0 Å². The third-order valence-corrected chi connectivity index (χ3v) is 9.52. The third kappa shape index (κ3) is 2.21. The van der Waals surface area contributed by atoms with E-state index in [-0.39, 0.29) is 0 Å². The Morgan fingerprint density at radius 3 is 1.95 bits per heavy atom. The van der Waals surface area contributed by atoms with Crippen molar-refractivity contribution in [2.45, 2.75) is 86.0 Å². The Bertz CT molecular complexity index is 352. The van der Waals surface area contributed by atoms with Gasteiger partial charge in [-0.25, -0.2) is 0 Å². The molecule has 0 amide bonds. The number of aldehydes is 1. The number of hydrogen-bond acceptors (Lipinski definition) is 2. The fourth-order valence-electron chi connectivity index (χ4n) is 5.66. The van der Waals surface area contributed by atoms with E-state index in [1.165, 1.54) is 70.5 Å². The van der Waals surface area contributed by atoms with E-state index >= 15 is 0 Å². The molecule has 2 aliphatic heterocycles. The molecular formula is C17H27NOSe. The van der Waals surface area contributed by atoms with E-state index in [1.807, 2.05) is 0 Å². The number of carbonyl (C=O) groups is 1. The van der Waals surface area contributed by atoms with Gasteiger partial charge in [-0.05, 0) is 0 Å². The van der Waals surface area contributed by atoms with Gasteiger partial charge < -0.3 is 0 Å². The van der Waals surface area contributed by atoms with Crippen molar-refractivity contribution in [3.63, 3.8) is 0 Å². The fraction of sp³-hybridized carbons (Fsp3) is 0.941. The van der Waals surface area contributed by atoms with Crippen LogP contribution >= 0.6 is 0 Å². The van der Waals surface area contributed by atoms with Crippen molar-refractivity contribution in [3.05, 3.63) is 0 Å². The Hall–Kier alpha value is 0.149. The number of rotatable bonds is 2. The SMILES string of the molecule is O=CC1CCC(N2C3CCCCC3C3CCCCC32)[Se]1. The molecule has 4 fully saturated rings. The van der Waals surface area contributed by atoms with E-state index in [9.17, 15) is 4.79 Å². The second-order valence-electron chi connectivity index (χ2n) is 7.32.